The van der Waals surface area contributed by atoms with Crippen LogP contribution in [0.5, 0.6) is 5.75 Å². The van der Waals surface area contributed by atoms with Gasteiger partial charge in [-0.2, -0.15) is 0 Å². The fraction of sp³-hybridized carbons (Fsp3) is 0.600. The first-order valence-electron chi connectivity index (χ1n) is 7.18. The first-order chi connectivity index (χ1) is 9.67. The Hall–Kier alpha value is -0.0400. The number of benzene rings is 1. The molecule has 1 aromatic carbocycles. The number of nitrogens with zero attached hydrogens (tertiary/aromatic N) is 2. The van der Waals surface area contributed by atoms with E-state index in [4.69, 9.17) is 4.74 Å². The molecular weight excluding hydrogens is 391 g/mol. The van der Waals surface area contributed by atoms with Gasteiger partial charge in [0.15, 0.2) is 0 Å². The van der Waals surface area contributed by atoms with Crippen LogP contribution >= 0.6 is 40.7 Å². The van der Waals surface area contributed by atoms with Gasteiger partial charge in [0.05, 0.1) is 0 Å². The van der Waals surface area contributed by atoms with Crippen molar-refractivity contribution in [2.75, 3.05) is 45.9 Å². The van der Waals surface area contributed by atoms with E-state index in [1.165, 1.54) is 0 Å². The highest BCUT2D eigenvalue weighted by Crippen LogP contribution is 2.16. The molecular formula is C15H25BrCl2N2O2. The lowest BCUT2D eigenvalue weighted by molar-refractivity contribution is 0.0471. The van der Waals surface area contributed by atoms with Crippen molar-refractivity contribution in [1.82, 2.24) is 9.80 Å². The molecule has 0 bridgehead atoms. The molecule has 0 radical (unpaired) electrons. The molecule has 1 atom stereocenters. The van der Waals surface area contributed by atoms with E-state index in [1.54, 1.807) is 0 Å². The first kappa shape index (κ1) is 22.0. The van der Waals surface area contributed by atoms with Crippen LogP contribution in [0.2, 0.25) is 0 Å². The van der Waals surface area contributed by atoms with Gasteiger partial charge in [0.25, 0.3) is 0 Å². The molecule has 1 aromatic rings. The van der Waals surface area contributed by atoms with Gasteiger partial charge < -0.3 is 14.7 Å². The molecule has 4 nitrogen and oxygen atoms in total. The van der Waals surface area contributed by atoms with Crippen LogP contribution < -0.4 is 4.74 Å². The van der Waals surface area contributed by atoms with E-state index in [2.05, 4.69) is 32.7 Å². The summed E-state index contributed by atoms with van der Waals surface area (Å²) in [4.78, 5) is 4.74. The van der Waals surface area contributed by atoms with Crippen molar-refractivity contribution >= 4 is 40.7 Å². The predicted molar refractivity (Wildman–Crippen MR) is 98.7 cm³/mol. The average Bonchev–Trinajstić information content (AvgIpc) is 2.47. The number of likely N-dealkylation sites (N-methyl/N-ethyl adjacent to an activating group) is 1. The molecule has 0 aliphatic carbocycles. The van der Waals surface area contributed by atoms with Gasteiger partial charge in [0.2, 0.25) is 0 Å². The zero-order valence-corrected chi connectivity index (χ0v) is 16.0. The molecule has 1 aliphatic rings. The molecule has 0 spiro atoms. The third-order valence-corrected chi connectivity index (χ3v) is 4.17. The fourth-order valence-electron chi connectivity index (χ4n) is 2.36. The highest BCUT2D eigenvalue weighted by molar-refractivity contribution is 9.10. The smallest absolute Gasteiger partial charge is 0.119 e. The second-order valence-corrected chi connectivity index (χ2v) is 6.07. The lowest BCUT2D eigenvalue weighted by Crippen LogP contribution is -2.49. The van der Waals surface area contributed by atoms with Crippen LogP contribution in [-0.4, -0.2) is 66.9 Å². The van der Waals surface area contributed by atoms with Crippen LogP contribution in [0.1, 0.15) is 6.92 Å². The molecule has 0 saturated carbocycles. The summed E-state index contributed by atoms with van der Waals surface area (Å²) in [6, 6.07) is 7.67. The third-order valence-electron chi connectivity index (χ3n) is 3.64. The lowest BCUT2D eigenvalue weighted by atomic mass is 10.2. The summed E-state index contributed by atoms with van der Waals surface area (Å²) in [5, 5.41) is 10.1. The van der Waals surface area contributed by atoms with Crippen molar-refractivity contribution < 1.29 is 9.84 Å². The molecule has 7 heteroatoms. The van der Waals surface area contributed by atoms with Gasteiger partial charge in [0.1, 0.15) is 18.5 Å². The van der Waals surface area contributed by atoms with Crippen molar-refractivity contribution in [3.05, 3.63) is 28.7 Å². The standard InChI is InChI=1S/C15H23BrN2O2.2ClH/c1-2-17-7-9-18(10-8-17)11-14(19)12-20-15-5-3-13(16)4-6-15;;/h3-6,14,19H,2,7-12H2,1H3;2*1H. The Labute approximate surface area is 153 Å². The predicted octanol–water partition coefficient (Wildman–Crippen LogP) is 2.67. The molecule has 128 valence electrons. The second kappa shape index (κ2) is 11.5. The Morgan fingerprint density at radius 3 is 2.18 bits per heavy atom. The zero-order valence-electron chi connectivity index (χ0n) is 12.8. The Morgan fingerprint density at radius 1 is 1.09 bits per heavy atom. The summed E-state index contributed by atoms with van der Waals surface area (Å²) in [6.07, 6.45) is -0.438. The average molecular weight is 416 g/mol. The minimum atomic E-state index is -0.438. The molecule has 2 rings (SSSR count). The summed E-state index contributed by atoms with van der Waals surface area (Å²) in [6.45, 7) is 8.59. The van der Waals surface area contributed by atoms with Gasteiger partial charge in [-0.25, -0.2) is 0 Å². The van der Waals surface area contributed by atoms with E-state index in [-0.39, 0.29) is 24.8 Å². The highest BCUT2D eigenvalue weighted by Gasteiger charge is 2.18. The molecule has 1 aliphatic heterocycles. The number of piperazine rings is 1. The summed E-state index contributed by atoms with van der Waals surface area (Å²) < 4.78 is 6.63. The number of aliphatic hydroxyl groups excluding tert-OH is 1. The van der Waals surface area contributed by atoms with E-state index >= 15 is 0 Å². The number of hydrogen-bond donors (Lipinski definition) is 1. The molecule has 1 fully saturated rings. The van der Waals surface area contributed by atoms with E-state index in [9.17, 15) is 5.11 Å². The number of hydrogen-bond acceptors (Lipinski definition) is 4. The van der Waals surface area contributed by atoms with Crippen molar-refractivity contribution in [2.24, 2.45) is 0 Å². The Kier molecular flexibility index (Phi) is 11.5. The van der Waals surface area contributed by atoms with E-state index in [0.717, 1.165) is 42.9 Å². The summed E-state index contributed by atoms with van der Waals surface area (Å²) >= 11 is 3.39. The van der Waals surface area contributed by atoms with Gasteiger partial charge in [-0.15, -0.1) is 24.8 Å². The van der Waals surface area contributed by atoms with E-state index in [1.807, 2.05) is 24.3 Å². The zero-order chi connectivity index (χ0) is 14.4. The first-order valence-corrected chi connectivity index (χ1v) is 7.98. The third kappa shape index (κ3) is 7.49. The normalized spacial score (nSPS) is 17.2. The topological polar surface area (TPSA) is 35.9 Å². The summed E-state index contributed by atoms with van der Waals surface area (Å²) in [7, 11) is 0. The fourth-order valence-corrected chi connectivity index (χ4v) is 2.63. The Bertz CT molecular complexity index is 401. The maximum atomic E-state index is 10.1. The minimum Gasteiger partial charge on any atom is -0.491 e. The molecule has 0 aromatic heterocycles. The minimum absolute atomic E-state index is 0. The molecule has 1 N–H and O–H groups in total. The van der Waals surface area contributed by atoms with Crippen molar-refractivity contribution in [2.45, 2.75) is 13.0 Å². The maximum Gasteiger partial charge on any atom is 0.119 e. The monoisotopic (exact) mass is 414 g/mol. The van der Waals surface area contributed by atoms with Crippen LogP contribution in [0.3, 0.4) is 0 Å². The summed E-state index contributed by atoms with van der Waals surface area (Å²) in [5.41, 5.74) is 0. The Morgan fingerprint density at radius 2 is 1.64 bits per heavy atom. The van der Waals surface area contributed by atoms with Gasteiger partial charge in [0, 0.05) is 37.2 Å². The number of rotatable bonds is 6. The van der Waals surface area contributed by atoms with Crippen molar-refractivity contribution in [3.63, 3.8) is 0 Å². The van der Waals surface area contributed by atoms with Gasteiger partial charge >= 0.3 is 0 Å². The maximum absolute atomic E-state index is 10.1. The van der Waals surface area contributed by atoms with Crippen LogP contribution in [0, 0.1) is 0 Å². The van der Waals surface area contributed by atoms with Crippen LogP contribution in [-0.2, 0) is 0 Å². The largest absolute Gasteiger partial charge is 0.491 e. The van der Waals surface area contributed by atoms with Crippen LogP contribution in [0.25, 0.3) is 0 Å². The van der Waals surface area contributed by atoms with Crippen molar-refractivity contribution in [1.29, 1.82) is 0 Å². The molecule has 1 unspecified atom stereocenters. The van der Waals surface area contributed by atoms with Crippen LogP contribution in [0.15, 0.2) is 28.7 Å². The Balaban J connectivity index is 0.00000220. The molecule has 22 heavy (non-hydrogen) atoms. The van der Waals surface area contributed by atoms with Gasteiger partial charge in [-0.3, -0.25) is 4.90 Å². The quantitative estimate of drug-likeness (QED) is 0.774. The number of aliphatic hydroxyl groups is 1. The van der Waals surface area contributed by atoms with Crippen LogP contribution in [0.4, 0.5) is 0 Å². The van der Waals surface area contributed by atoms with E-state index in [0.29, 0.717) is 13.2 Å². The summed E-state index contributed by atoms with van der Waals surface area (Å²) in [5.74, 6) is 0.794. The van der Waals surface area contributed by atoms with Gasteiger partial charge in [-0.05, 0) is 30.8 Å². The number of halogens is 3. The molecule has 1 saturated heterocycles. The lowest BCUT2D eigenvalue weighted by Gasteiger charge is -2.34. The number of β-amino-alcohol motifs (C(OH)–C–C–N with tert-alkyl or cyclic N) is 1. The highest BCUT2D eigenvalue weighted by atomic mass is 79.9. The van der Waals surface area contributed by atoms with Gasteiger partial charge in [-0.1, -0.05) is 22.9 Å². The second-order valence-electron chi connectivity index (χ2n) is 5.15. The van der Waals surface area contributed by atoms with Crippen molar-refractivity contribution in [3.8, 4) is 5.75 Å². The SMILES string of the molecule is CCN1CCN(CC(O)COc2ccc(Br)cc2)CC1.Cl.Cl. The molecule has 0 amide bonds. The van der Waals surface area contributed by atoms with E-state index < -0.39 is 6.10 Å². The molecule has 1 heterocycles. The number of ether oxygens (including phenoxy) is 1.